The van der Waals surface area contributed by atoms with E-state index in [0.717, 1.165) is 22.1 Å². The summed E-state index contributed by atoms with van der Waals surface area (Å²) in [6, 6.07) is 15.4. The lowest BCUT2D eigenvalue weighted by molar-refractivity contribution is 0.593. The van der Waals surface area contributed by atoms with Gasteiger partial charge in [-0.05, 0) is 24.3 Å². The van der Waals surface area contributed by atoms with Crippen LogP contribution in [0.15, 0.2) is 48.5 Å². The minimum absolute atomic E-state index is 0.0764. The van der Waals surface area contributed by atoms with Gasteiger partial charge >= 0.3 is 0 Å². The summed E-state index contributed by atoms with van der Waals surface area (Å²) in [5.74, 6) is 1.56. The molecule has 0 atom stereocenters. The van der Waals surface area contributed by atoms with Crippen molar-refractivity contribution in [3.63, 3.8) is 0 Å². The first-order chi connectivity index (χ1) is 12.1. The quantitative estimate of drug-likeness (QED) is 0.557. The Kier molecular flexibility index (Phi) is 4.01. The number of benzene rings is 2. The highest BCUT2D eigenvalue weighted by Gasteiger charge is 2.14. The molecule has 0 fully saturated rings. The van der Waals surface area contributed by atoms with Crippen LogP contribution in [0.4, 0.5) is 0 Å². The fraction of sp³-hybridized carbons (Fsp3) is 0.222. The third-order valence-electron chi connectivity index (χ3n) is 4.18. The minimum atomic E-state index is -3.17. The summed E-state index contributed by atoms with van der Waals surface area (Å²) in [6.07, 6.45) is 0.772. The number of hydrogen-bond acceptors (Lipinski definition) is 4. The smallest absolute Gasteiger partial charge is 0.151 e. The predicted octanol–water partition coefficient (Wildman–Crippen LogP) is 2.64. The summed E-state index contributed by atoms with van der Waals surface area (Å²) >= 11 is 0. The largest absolute Gasteiger partial charge is 0.342 e. The molecule has 0 bridgehead atoms. The minimum Gasteiger partial charge on any atom is -0.342 e. The Balaban J connectivity index is 1.39. The predicted molar refractivity (Wildman–Crippen MR) is 98.2 cm³/mol. The van der Waals surface area contributed by atoms with Crippen molar-refractivity contribution in [1.82, 2.24) is 19.9 Å². The number of nitrogens with zero attached hydrogens (tertiary/aromatic N) is 2. The van der Waals surface area contributed by atoms with Crippen molar-refractivity contribution in [3.8, 4) is 0 Å². The number of aromatic amines is 2. The van der Waals surface area contributed by atoms with Crippen LogP contribution in [0.1, 0.15) is 11.6 Å². The zero-order valence-corrected chi connectivity index (χ0v) is 14.4. The maximum Gasteiger partial charge on any atom is 0.151 e. The van der Waals surface area contributed by atoms with Crippen LogP contribution >= 0.6 is 0 Å². The number of nitrogens with one attached hydrogen (secondary N) is 2. The fourth-order valence-electron chi connectivity index (χ4n) is 2.85. The molecule has 0 saturated heterocycles. The molecule has 128 valence electrons. The van der Waals surface area contributed by atoms with Gasteiger partial charge in [0.05, 0.1) is 33.6 Å². The molecular weight excluding hydrogens is 336 g/mol. The number of sulfone groups is 1. The number of H-pyrrole nitrogens is 2. The van der Waals surface area contributed by atoms with Gasteiger partial charge in [0.15, 0.2) is 9.84 Å². The van der Waals surface area contributed by atoms with Gasteiger partial charge in [-0.3, -0.25) is 0 Å². The molecule has 2 heterocycles. The van der Waals surface area contributed by atoms with Crippen LogP contribution in [0, 0.1) is 0 Å². The molecule has 0 aliphatic heterocycles. The molecule has 0 amide bonds. The first kappa shape index (κ1) is 15.8. The van der Waals surface area contributed by atoms with Crippen LogP contribution in [0.3, 0.4) is 0 Å². The molecule has 4 aromatic rings. The van der Waals surface area contributed by atoms with E-state index in [1.807, 2.05) is 48.5 Å². The van der Waals surface area contributed by atoms with Gasteiger partial charge in [-0.2, -0.15) is 0 Å². The summed E-state index contributed by atoms with van der Waals surface area (Å²) in [4.78, 5) is 15.2. The van der Waals surface area contributed by atoms with Crippen LogP contribution in [0.5, 0.6) is 0 Å². The van der Waals surface area contributed by atoms with Crippen LogP contribution in [-0.2, 0) is 22.7 Å². The molecule has 2 aromatic heterocycles. The van der Waals surface area contributed by atoms with Crippen LogP contribution in [-0.4, -0.2) is 39.9 Å². The van der Waals surface area contributed by atoms with E-state index in [9.17, 15) is 8.42 Å². The third-order valence-corrected chi connectivity index (χ3v) is 5.83. The van der Waals surface area contributed by atoms with Crippen molar-refractivity contribution in [2.45, 2.75) is 12.8 Å². The number of para-hydroxylation sites is 4. The first-order valence-electron chi connectivity index (χ1n) is 8.17. The van der Waals surface area contributed by atoms with E-state index in [2.05, 4.69) is 19.9 Å². The van der Waals surface area contributed by atoms with Crippen molar-refractivity contribution in [3.05, 3.63) is 60.2 Å². The van der Waals surface area contributed by atoms with Gasteiger partial charge in [-0.1, -0.05) is 24.3 Å². The van der Waals surface area contributed by atoms with Crippen molar-refractivity contribution < 1.29 is 8.42 Å². The lowest BCUT2D eigenvalue weighted by Gasteiger charge is -2.01. The monoisotopic (exact) mass is 354 g/mol. The fourth-order valence-corrected chi connectivity index (χ4v) is 4.07. The van der Waals surface area contributed by atoms with Crippen LogP contribution < -0.4 is 0 Å². The molecule has 0 saturated carbocycles. The number of hydrogen-bond donors (Lipinski definition) is 2. The van der Waals surface area contributed by atoms with Crippen LogP contribution in [0.25, 0.3) is 22.1 Å². The van der Waals surface area contributed by atoms with Gasteiger partial charge in [0.1, 0.15) is 11.6 Å². The second-order valence-corrected chi connectivity index (χ2v) is 8.36. The van der Waals surface area contributed by atoms with Crippen molar-refractivity contribution in [1.29, 1.82) is 0 Å². The van der Waals surface area contributed by atoms with Gasteiger partial charge in [-0.15, -0.1) is 0 Å². The number of aromatic nitrogens is 4. The van der Waals surface area contributed by atoms with Gasteiger partial charge in [0.2, 0.25) is 0 Å². The molecule has 25 heavy (non-hydrogen) atoms. The molecule has 0 aliphatic rings. The summed E-state index contributed by atoms with van der Waals surface area (Å²) in [7, 11) is -3.17. The Hall–Kier alpha value is -2.67. The highest BCUT2D eigenvalue weighted by Crippen LogP contribution is 2.13. The molecule has 7 heteroatoms. The molecule has 0 spiro atoms. The Morgan fingerprint density at radius 2 is 1.16 bits per heavy atom. The molecule has 0 unspecified atom stereocenters. The number of fused-ring (bicyclic) bond motifs is 2. The van der Waals surface area contributed by atoms with Crippen molar-refractivity contribution in [2.24, 2.45) is 0 Å². The van der Waals surface area contributed by atoms with Crippen molar-refractivity contribution >= 4 is 31.9 Å². The van der Waals surface area contributed by atoms with E-state index < -0.39 is 9.84 Å². The summed E-state index contributed by atoms with van der Waals surface area (Å²) in [5.41, 5.74) is 3.57. The molecular formula is C18H18N4O2S. The molecule has 0 aliphatic carbocycles. The second kappa shape index (κ2) is 6.33. The van der Waals surface area contributed by atoms with E-state index in [0.29, 0.717) is 24.5 Å². The third kappa shape index (κ3) is 3.56. The molecule has 2 aromatic carbocycles. The molecule has 6 nitrogen and oxygen atoms in total. The summed E-state index contributed by atoms with van der Waals surface area (Å²) in [6.45, 7) is 0. The number of aryl methyl sites for hydroxylation is 2. The van der Waals surface area contributed by atoms with Gasteiger partial charge in [0, 0.05) is 12.8 Å². The van der Waals surface area contributed by atoms with Crippen LogP contribution in [0.2, 0.25) is 0 Å². The van der Waals surface area contributed by atoms with Gasteiger partial charge in [-0.25, -0.2) is 18.4 Å². The molecule has 0 radical (unpaired) electrons. The van der Waals surface area contributed by atoms with Gasteiger partial charge in [0.25, 0.3) is 0 Å². The lowest BCUT2D eigenvalue weighted by Crippen LogP contribution is -2.15. The maximum absolute atomic E-state index is 12.3. The SMILES string of the molecule is O=S(=O)(CCc1nc2ccccc2[nH]1)CCc1nc2ccccc2[nH]1. The summed E-state index contributed by atoms with van der Waals surface area (Å²) < 4.78 is 24.6. The van der Waals surface area contributed by atoms with Gasteiger partial charge < -0.3 is 9.97 Å². The number of imidazole rings is 2. The topological polar surface area (TPSA) is 91.5 Å². The van der Waals surface area contributed by atoms with E-state index >= 15 is 0 Å². The van der Waals surface area contributed by atoms with E-state index in [1.54, 1.807) is 0 Å². The van der Waals surface area contributed by atoms with E-state index in [1.165, 1.54) is 0 Å². The zero-order valence-electron chi connectivity index (χ0n) is 13.6. The number of rotatable bonds is 6. The standard InChI is InChI=1S/C18H18N4O2S/c23-25(24,11-9-17-19-13-5-1-2-6-14(13)20-17)12-10-18-21-15-7-3-4-8-16(15)22-18/h1-8H,9-12H2,(H,19,20)(H,21,22). The Morgan fingerprint density at radius 1 is 0.720 bits per heavy atom. The molecule has 2 N–H and O–H groups in total. The molecule has 4 rings (SSSR count). The maximum atomic E-state index is 12.3. The normalized spacial score (nSPS) is 12.2. The average Bonchev–Trinajstić information content (AvgIpc) is 3.21. The Labute approximate surface area is 145 Å². The average molecular weight is 354 g/mol. The Morgan fingerprint density at radius 3 is 1.60 bits per heavy atom. The highest BCUT2D eigenvalue weighted by atomic mass is 32.2. The second-order valence-electron chi connectivity index (χ2n) is 6.05. The zero-order chi connectivity index (χ0) is 17.3. The van der Waals surface area contributed by atoms with E-state index in [-0.39, 0.29) is 11.5 Å². The van der Waals surface area contributed by atoms with E-state index in [4.69, 9.17) is 0 Å². The summed E-state index contributed by atoms with van der Waals surface area (Å²) in [5, 5.41) is 0. The first-order valence-corrected chi connectivity index (χ1v) is 9.99. The lowest BCUT2D eigenvalue weighted by atomic mass is 10.3. The highest BCUT2D eigenvalue weighted by molar-refractivity contribution is 7.91. The van der Waals surface area contributed by atoms with Crippen molar-refractivity contribution in [2.75, 3.05) is 11.5 Å². The Bertz CT molecular complexity index is 978.